The summed E-state index contributed by atoms with van der Waals surface area (Å²) >= 11 is 0. The molecule has 5 nitrogen and oxygen atoms in total. The fourth-order valence-electron chi connectivity index (χ4n) is 3.73. The van der Waals surface area contributed by atoms with Crippen LogP contribution >= 0.6 is 0 Å². The molecular formula is C23H47NO4Si3. The molecule has 0 amide bonds. The first-order valence-electron chi connectivity index (χ1n) is 12.1. The largest absolute Gasteiger partial charge is 0.415 e. The maximum absolute atomic E-state index is 6.47. The summed E-state index contributed by atoms with van der Waals surface area (Å²) in [7, 11) is -6.89. The number of hydrogen-bond donors (Lipinski definition) is 0. The summed E-state index contributed by atoms with van der Waals surface area (Å²) in [6.45, 7) is 16.2. The van der Waals surface area contributed by atoms with Crippen molar-refractivity contribution < 1.29 is 17.1 Å². The molecule has 0 saturated carbocycles. The second kappa shape index (κ2) is 14.7. The van der Waals surface area contributed by atoms with Gasteiger partial charge in [0, 0.05) is 19.0 Å². The summed E-state index contributed by atoms with van der Waals surface area (Å²) in [5, 5.41) is 0. The lowest BCUT2D eigenvalue weighted by molar-refractivity contribution is 0.197. The van der Waals surface area contributed by atoms with E-state index in [0.29, 0.717) is 6.61 Å². The van der Waals surface area contributed by atoms with Crippen LogP contribution in [0, 0.1) is 0 Å². The van der Waals surface area contributed by atoms with Crippen molar-refractivity contribution in [2.75, 3.05) is 6.61 Å². The van der Waals surface area contributed by atoms with Crippen molar-refractivity contribution >= 4 is 25.7 Å². The van der Waals surface area contributed by atoms with Crippen LogP contribution in [0.4, 0.5) is 0 Å². The fraction of sp³-hybridized carbons (Fsp3) is 0.783. The number of unbranched alkanes of at least 4 members (excludes halogenated alkanes) is 8. The van der Waals surface area contributed by atoms with Crippen LogP contribution in [0.25, 0.3) is 0 Å². The van der Waals surface area contributed by atoms with Crippen LogP contribution in [0.15, 0.2) is 24.5 Å². The predicted octanol–water partition coefficient (Wildman–Crippen LogP) is 7.28. The molecule has 31 heavy (non-hydrogen) atoms. The first-order chi connectivity index (χ1) is 14.6. The quantitative estimate of drug-likeness (QED) is 0.161. The lowest BCUT2D eigenvalue weighted by atomic mass is 10.1. The maximum Gasteiger partial charge on any atom is 0.323 e. The van der Waals surface area contributed by atoms with Gasteiger partial charge in [-0.2, -0.15) is 0 Å². The molecule has 0 spiro atoms. The van der Waals surface area contributed by atoms with Gasteiger partial charge < -0.3 is 17.1 Å². The molecule has 0 unspecified atom stereocenters. The zero-order valence-corrected chi connectivity index (χ0v) is 24.2. The van der Waals surface area contributed by atoms with Gasteiger partial charge in [-0.3, -0.25) is 4.98 Å². The highest BCUT2D eigenvalue weighted by molar-refractivity contribution is 6.84. The third kappa shape index (κ3) is 15.2. The second-order valence-corrected chi connectivity index (χ2v) is 20.3. The van der Waals surface area contributed by atoms with Crippen molar-refractivity contribution in [3.05, 3.63) is 30.1 Å². The van der Waals surface area contributed by atoms with E-state index in [9.17, 15) is 0 Å². The lowest BCUT2D eigenvalue weighted by Gasteiger charge is -2.37. The van der Waals surface area contributed by atoms with E-state index in [0.717, 1.165) is 18.6 Å². The first kappa shape index (κ1) is 28.7. The van der Waals surface area contributed by atoms with Crippen molar-refractivity contribution in [1.29, 1.82) is 0 Å². The number of nitrogens with zero attached hydrogens (tertiary/aromatic N) is 1. The third-order valence-electron chi connectivity index (χ3n) is 4.99. The van der Waals surface area contributed by atoms with E-state index in [4.69, 9.17) is 17.1 Å². The average molecular weight is 486 g/mol. The highest BCUT2D eigenvalue weighted by Crippen LogP contribution is 2.23. The SMILES string of the molecule is CCCCCCCCCCCO[Si](C)(C)O[Si](C)(C)O[Si](C)(C)OCc1cccnc1. The molecule has 8 heteroatoms. The van der Waals surface area contributed by atoms with Gasteiger partial charge in [-0.05, 0) is 57.3 Å². The molecule has 180 valence electrons. The van der Waals surface area contributed by atoms with Crippen LogP contribution in [0.5, 0.6) is 0 Å². The van der Waals surface area contributed by atoms with Gasteiger partial charge in [-0.25, -0.2) is 0 Å². The van der Waals surface area contributed by atoms with Crippen molar-refractivity contribution in [3.8, 4) is 0 Å². The Hall–Kier alpha value is -0.359. The van der Waals surface area contributed by atoms with Crippen LogP contribution in [-0.4, -0.2) is 37.3 Å². The topological polar surface area (TPSA) is 49.8 Å². The van der Waals surface area contributed by atoms with Gasteiger partial charge in [-0.1, -0.05) is 64.4 Å². The molecule has 0 aliphatic carbocycles. The number of rotatable bonds is 18. The highest BCUT2D eigenvalue weighted by Gasteiger charge is 2.41. The van der Waals surface area contributed by atoms with E-state index in [2.05, 4.69) is 51.2 Å². The second-order valence-electron chi connectivity index (χ2n) is 9.73. The van der Waals surface area contributed by atoms with Crippen LogP contribution in [0.2, 0.25) is 39.3 Å². The average Bonchev–Trinajstić information content (AvgIpc) is 2.67. The summed E-state index contributed by atoms with van der Waals surface area (Å²) in [4.78, 5) is 4.14. The summed E-state index contributed by atoms with van der Waals surface area (Å²) in [5.74, 6) is 0. The maximum atomic E-state index is 6.47. The Bertz CT molecular complexity index is 585. The molecule has 0 radical (unpaired) electrons. The molecule has 0 saturated heterocycles. The summed E-state index contributed by atoms with van der Waals surface area (Å²) < 4.78 is 25.3. The van der Waals surface area contributed by atoms with Crippen LogP contribution in [-0.2, 0) is 23.7 Å². The number of pyridine rings is 1. The molecular weight excluding hydrogens is 439 g/mol. The molecule has 0 aliphatic rings. The van der Waals surface area contributed by atoms with Crippen LogP contribution in [0.3, 0.4) is 0 Å². The van der Waals surface area contributed by atoms with Crippen molar-refractivity contribution in [2.24, 2.45) is 0 Å². The summed E-state index contributed by atoms with van der Waals surface area (Å²) in [6, 6.07) is 3.95. The fourth-order valence-corrected chi connectivity index (χ4v) is 15.4. The van der Waals surface area contributed by atoms with Crippen molar-refractivity contribution in [3.63, 3.8) is 0 Å². The minimum Gasteiger partial charge on any atom is -0.415 e. The zero-order chi connectivity index (χ0) is 23.2. The molecule has 1 rings (SSSR count). The van der Waals surface area contributed by atoms with Gasteiger partial charge in [0.25, 0.3) is 0 Å². The molecule has 0 aliphatic heterocycles. The Morgan fingerprint density at radius 1 is 0.710 bits per heavy atom. The van der Waals surface area contributed by atoms with Gasteiger partial charge in [-0.15, -0.1) is 0 Å². The molecule has 1 heterocycles. The first-order valence-corrected chi connectivity index (χ1v) is 20.6. The molecule has 0 atom stereocenters. The highest BCUT2D eigenvalue weighted by atomic mass is 28.5. The van der Waals surface area contributed by atoms with Crippen LogP contribution in [0.1, 0.15) is 70.3 Å². The summed E-state index contributed by atoms with van der Waals surface area (Å²) in [5.41, 5.74) is 1.06. The van der Waals surface area contributed by atoms with Crippen LogP contribution < -0.4 is 0 Å². The smallest absolute Gasteiger partial charge is 0.323 e. The van der Waals surface area contributed by atoms with E-state index >= 15 is 0 Å². The van der Waals surface area contributed by atoms with E-state index < -0.39 is 25.7 Å². The number of aromatic nitrogens is 1. The van der Waals surface area contributed by atoms with Crippen molar-refractivity contribution in [2.45, 2.75) is 111 Å². The summed E-state index contributed by atoms with van der Waals surface area (Å²) in [6.07, 6.45) is 15.5. The van der Waals surface area contributed by atoms with Crippen molar-refractivity contribution in [1.82, 2.24) is 4.98 Å². The monoisotopic (exact) mass is 485 g/mol. The molecule has 0 N–H and O–H groups in total. The Morgan fingerprint density at radius 3 is 1.81 bits per heavy atom. The Labute approximate surface area is 195 Å². The Balaban J connectivity index is 2.26. The van der Waals surface area contributed by atoms with Gasteiger partial charge in [0.2, 0.25) is 0 Å². The van der Waals surface area contributed by atoms with E-state index in [1.807, 2.05) is 18.3 Å². The van der Waals surface area contributed by atoms with Gasteiger partial charge in [0.05, 0.1) is 6.61 Å². The predicted molar refractivity (Wildman–Crippen MR) is 137 cm³/mol. The molecule has 0 fully saturated rings. The van der Waals surface area contributed by atoms with E-state index in [1.165, 1.54) is 51.4 Å². The molecule has 1 aromatic heterocycles. The van der Waals surface area contributed by atoms with E-state index in [1.54, 1.807) is 6.20 Å². The lowest BCUT2D eigenvalue weighted by Crippen LogP contribution is -2.54. The minimum atomic E-state index is -2.35. The van der Waals surface area contributed by atoms with Gasteiger partial charge >= 0.3 is 25.7 Å². The van der Waals surface area contributed by atoms with Gasteiger partial charge in [0.15, 0.2) is 0 Å². The number of hydrogen-bond acceptors (Lipinski definition) is 5. The molecule has 0 bridgehead atoms. The molecule has 0 aromatic carbocycles. The van der Waals surface area contributed by atoms with Gasteiger partial charge in [0.1, 0.15) is 0 Å². The standard InChI is InChI=1S/C23H47NO4Si3/c1-8-9-10-11-12-13-14-15-16-20-25-29(2,3)27-31(6,7)28-30(4,5)26-22-23-18-17-19-24-21-23/h17-19,21H,8-16,20,22H2,1-7H3. The third-order valence-corrected chi connectivity index (χ3v) is 14.6. The normalized spacial score (nSPS) is 13.0. The Kier molecular flexibility index (Phi) is 13.6. The zero-order valence-electron chi connectivity index (χ0n) is 21.2. The molecule has 1 aromatic rings. The van der Waals surface area contributed by atoms with E-state index in [-0.39, 0.29) is 0 Å². The minimum absolute atomic E-state index is 0.521. The Morgan fingerprint density at radius 2 is 1.26 bits per heavy atom.